The maximum atomic E-state index is 12.8. The molecule has 10 heteroatoms. The molecule has 0 fully saturated rings. The van der Waals surface area contributed by atoms with Gasteiger partial charge in [0.15, 0.2) is 29.0 Å². The summed E-state index contributed by atoms with van der Waals surface area (Å²) in [6, 6.07) is 8.74. The number of guanidine groups is 1. The van der Waals surface area contributed by atoms with Crippen LogP contribution in [0.25, 0.3) is 0 Å². The van der Waals surface area contributed by atoms with Crippen molar-refractivity contribution < 1.29 is 32.5 Å². The van der Waals surface area contributed by atoms with Crippen molar-refractivity contribution in [1.82, 2.24) is 10.6 Å². The Bertz CT molecular complexity index is 955. The number of benzene rings is 2. The van der Waals surface area contributed by atoms with Gasteiger partial charge in [0.25, 0.3) is 0 Å². The average molecular weight is 435 g/mol. The molecule has 8 nitrogen and oxygen atoms in total. The van der Waals surface area contributed by atoms with Gasteiger partial charge in [-0.1, -0.05) is 12.1 Å². The number of halogens is 2. The topological polar surface area (TPSA) is 82.6 Å². The first-order chi connectivity index (χ1) is 15.1. The van der Waals surface area contributed by atoms with Gasteiger partial charge in [-0.25, -0.2) is 0 Å². The van der Waals surface area contributed by atoms with Crippen LogP contribution in [-0.2, 0) is 13.1 Å². The molecule has 0 bridgehead atoms. The zero-order valence-electron chi connectivity index (χ0n) is 17.0. The monoisotopic (exact) mass is 435 g/mol. The Morgan fingerprint density at radius 2 is 1.74 bits per heavy atom. The minimum Gasteiger partial charge on any atom is -0.490 e. The van der Waals surface area contributed by atoms with Gasteiger partial charge in [0, 0.05) is 43.8 Å². The standard InChI is InChI=1S/C21H23F2N3O5/c1-24-21(25-10-13-4-2-5-15-19(13)28-7-3-6-27-15)26-11-14-8-17-18(30-12-29-17)9-16(14)31-20(22)23/h2,4-5,8-9,20H,3,6-7,10-12H2,1H3,(H2,24,25,26). The molecule has 2 aliphatic rings. The first kappa shape index (κ1) is 20.8. The molecule has 0 spiro atoms. The molecule has 0 saturated carbocycles. The third-order valence-electron chi connectivity index (χ3n) is 4.74. The molecule has 4 rings (SSSR count). The summed E-state index contributed by atoms with van der Waals surface area (Å²) in [5.41, 5.74) is 1.41. The van der Waals surface area contributed by atoms with E-state index in [4.69, 9.17) is 18.9 Å². The van der Waals surface area contributed by atoms with Gasteiger partial charge in [0.05, 0.1) is 13.2 Å². The van der Waals surface area contributed by atoms with Crippen molar-refractivity contribution in [3.05, 3.63) is 41.5 Å². The largest absolute Gasteiger partial charge is 0.490 e. The Hall–Kier alpha value is -3.43. The molecule has 166 valence electrons. The van der Waals surface area contributed by atoms with Crippen LogP contribution in [0, 0.1) is 0 Å². The molecule has 0 saturated heterocycles. The fraction of sp³-hybridized carbons (Fsp3) is 0.381. The summed E-state index contributed by atoms with van der Waals surface area (Å²) in [5, 5.41) is 6.30. The predicted octanol–water partition coefficient (Wildman–Crippen LogP) is 3.04. The van der Waals surface area contributed by atoms with Gasteiger partial charge in [-0.05, 0) is 12.1 Å². The zero-order valence-corrected chi connectivity index (χ0v) is 17.0. The quantitative estimate of drug-likeness (QED) is 0.533. The molecule has 0 amide bonds. The Morgan fingerprint density at radius 1 is 1.00 bits per heavy atom. The first-order valence-corrected chi connectivity index (χ1v) is 9.83. The van der Waals surface area contributed by atoms with Crippen LogP contribution in [0.4, 0.5) is 8.78 Å². The van der Waals surface area contributed by atoms with Gasteiger partial charge in [0.1, 0.15) is 5.75 Å². The van der Waals surface area contributed by atoms with Crippen LogP contribution >= 0.6 is 0 Å². The second-order valence-electron chi connectivity index (χ2n) is 6.77. The number of rotatable bonds is 6. The number of alkyl halides is 2. The molecule has 31 heavy (non-hydrogen) atoms. The molecule has 2 heterocycles. The molecule has 0 aromatic heterocycles. The van der Waals surface area contributed by atoms with Crippen molar-refractivity contribution in [3.8, 4) is 28.7 Å². The van der Waals surface area contributed by atoms with E-state index in [1.165, 1.54) is 6.07 Å². The van der Waals surface area contributed by atoms with Crippen molar-refractivity contribution in [2.45, 2.75) is 26.1 Å². The third-order valence-corrected chi connectivity index (χ3v) is 4.74. The van der Waals surface area contributed by atoms with Crippen LogP contribution in [0.2, 0.25) is 0 Å². The minimum atomic E-state index is -2.95. The maximum Gasteiger partial charge on any atom is 0.387 e. The molecule has 2 N–H and O–H groups in total. The number of aliphatic imine (C=N–C) groups is 1. The fourth-order valence-corrected chi connectivity index (χ4v) is 3.28. The van der Waals surface area contributed by atoms with E-state index in [0.717, 1.165) is 12.0 Å². The summed E-state index contributed by atoms with van der Waals surface area (Å²) in [6.45, 7) is -1.08. The van der Waals surface area contributed by atoms with E-state index in [-0.39, 0.29) is 19.1 Å². The molecule has 0 aliphatic carbocycles. The number of ether oxygens (including phenoxy) is 5. The maximum absolute atomic E-state index is 12.8. The van der Waals surface area contributed by atoms with E-state index < -0.39 is 6.61 Å². The number of hydrogen-bond acceptors (Lipinski definition) is 6. The molecule has 2 aromatic rings. The van der Waals surface area contributed by atoms with Gasteiger partial charge in [-0.15, -0.1) is 0 Å². The zero-order chi connectivity index (χ0) is 21.6. The van der Waals surface area contributed by atoms with E-state index in [9.17, 15) is 8.78 Å². The number of nitrogens with zero attached hydrogens (tertiary/aromatic N) is 1. The highest BCUT2D eigenvalue weighted by Gasteiger charge is 2.20. The molecule has 2 aromatic carbocycles. The van der Waals surface area contributed by atoms with Crippen LogP contribution in [0.1, 0.15) is 17.5 Å². The van der Waals surface area contributed by atoms with E-state index >= 15 is 0 Å². The number of para-hydroxylation sites is 1. The summed E-state index contributed by atoms with van der Waals surface area (Å²) < 4.78 is 52.4. The SMILES string of the molecule is CN=C(NCc1cc2c(cc1OC(F)F)OCO2)NCc1cccc2c1OCCCO2. The highest BCUT2D eigenvalue weighted by Crippen LogP contribution is 2.38. The number of hydrogen-bond donors (Lipinski definition) is 2. The van der Waals surface area contributed by atoms with Crippen molar-refractivity contribution >= 4 is 5.96 Å². The van der Waals surface area contributed by atoms with Crippen LogP contribution in [-0.4, -0.2) is 39.6 Å². The van der Waals surface area contributed by atoms with Crippen LogP contribution < -0.4 is 34.3 Å². The Morgan fingerprint density at radius 3 is 2.52 bits per heavy atom. The average Bonchev–Trinajstić information content (AvgIpc) is 3.07. The van der Waals surface area contributed by atoms with Gasteiger partial charge in [-0.2, -0.15) is 8.78 Å². The lowest BCUT2D eigenvalue weighted by molar-refractivity contribution is -0.0505. The fourth-order valence-electron chi connectivity index (χ4n) is 3.28. The summed E-state index contributed by atoms with van der Waals surface area (Å²) in [6.07, 6.45) is 0.823. The Kier molecular flexibility index (Phi) is 6.44. The normalized spacial score (nSPS) is 14.9. The van der Waals surface area contributed by atoms with Crippen LogP contribution in [0.5, 0.6) is 28.7 Å². The van der Waals surface area contributed by atoms with E-state index in [2.05, 4.69) is 20.4 Å². The van der Waals surface area contributed by atoms with Crippen molar-refractivity contribution in [2.75, 3.05) is 27.1 Å². The van der Waals surface area contributed by atoms with Gasteiger partial charge in [-0.3, -0.25) is 4.99 Å². The Labute approximate surface area is 178 Å². The molecule has 0 unspecified atom stereocenters. The summed E-state index contributed by atoms with van der Waals surface area (Å²) in [5.74, 6) is 2.77. The summed E-state index contributed by atoms with van der Waals surface area (Å²) in [7, 11) is 1.62. The van der Waals surface area contributed by atoms with Gasteiger partial charge < -0.3 is 34.3 Å². The van der Waals surface area contributed by atoms with Crippen LogP contribution in [0.15, 0.2) is 35.3 Å². The molecular formula is C21H23F2N3O5. The predicted molar refractivity (Wildman–Crippen MR) is 108 cm³/mol. The van der Waals surface area contributed by atoms with Gasteiger partial charge in [0.2, 0.25) is 6.79 Å². The lowest BCUT2D eigenvalue weighted by Gasteiger charge is -2.17. The number of fused-ring (bicyclic) bond motifs is 2. The van der Waals surface area contributed by atoms with E-state index in [1.54, 1.807) is 13.1 Å². The Balaban J connectivity index is 1.42. The summed E-state index contributed by atoms with van der Waals surface area (Å²) >= 11 is 0. The van der Waals surface area contributed by atoms with Gasteiger partial charge >= 0.3 is 6.61 Å². The van der Waals surface area contributed by atoms with Crippen molar-refractivity contribution in [3.63, 3.8) is 0 Å². The lowest BCUT2D eigenvalue weighted by Crippen LogP contribution is -2.36. The lowest BCUT2D eigenvalue weighted by atomic mass is 10.1. The highest BCUT2D eigenvalue weighted by atomic mass is 19.3. The van der Waals surface area contributed by atoms with Crippen molar-refractivity contribution in [1.29, 1.82) is 0 Å². The smallest absolute Gasteiger partial charge is 0.387 e. The summed E-state index contributed by atoms with van der Waals surface area (Å²) in [4.78, 5) is 4.19. The molecule has 0 radical (unpaired) electrons. The number of nitrogens with one attached hydrogen (secondary N) is 2. The van der Waals surface area contributed by atoms with Crippen LogP contribution in [0.3, 0.4) is 0 Å². The van der Waals surface area contributed by atoms with E-state index in [0.29, 0.717) is 54.3 Å². The minimum absolute atomic E-state index is 0.0149. The first-order valence-electron chi connectivity index (χ1n) is 9.83. The van der Waals surface area contributed by atoms with E-state index in [1.807, 2.05) is 18.2 Å². The molecule has 0 atom stereocenters. The molecular weight excluding hydrogens is 412 g/mol. The molecule has 2 aliphatic heterocycles. The third kappa shape index (κ3) is 5.01. The second kappa shape index (κ2) is 9.59. The van der Waals surface area contributed by atoms with Crippen molar-refractivity contribution in [2.24, 2.45) is 4.99 Å². The second-order valence-corrected chi connectivity index (χ2v) is 6.77. The highest BCUT2D eigenvalue weighted by molar-refractivity contribution is 5.79.